The monoisotopic (exact) mass is 1330 g/mol. The van der Waals surface area contributed by atoms with Crippen LogP contribution < -0.4 is 26.2 Å². The molecular weight excluding hydrogens is 1250 g/mol. The highest BCUT2D eigenvalue weighted by Gasteiger charge is 2.46. The number of hydrogen-bond donors (Lipinski definition) is 0. The number of benzene rings is 16. The first kappa shape index (κ1) is 62.5. The first-order chi connectivity index (χ1) is 50.9. The Kier molecular flexibility index (Phi) is 14.8. The summed E-state index contributed by atoms with van der Waals surface area (Å²) >= 11 is 0. The van der Waals surface area contributed by atoms with Crippen LogP contribution in [0.3, 0.4) is 0 Å². The highest BCUT2D eigenvalue weighted by Crippen LogP contribution is 2.56. The predicted molar refractivity (Wildman–Crippen MR) is 445 cm³/mol. The van der Waals surface area contributed by atoms with E-state index >= 15 is 0 Å². The van der Waals surface area contributed by atoms with Crippen LogP contribution in [0, 0.1) is 0 Å². The summed E-state index contributed by atoms with van der Waals surface area (Å²) in [7, 11) is 0. The molecule has 0 fully saturated rings. The van der Waals surface area contributed by atoms with Crippen LogP contribution in [-0.2, 0) is 10.8 Å². The number of hydrogen-bond acceptors (Lipinski definition) is 2. The first-order valence-electron chi connectivity index (χ1n) is 36.6. The first-order valence-corrected chi connectivity index (χ1v) is 36.6. The molecule has 0 saturated heterocycles. The maximum atomic E-state index is 2.72. The number of rotatable bonds is 10. The molecule has 3 heterocycles. The van der Waals surface area contributed by atoms with E-state index in [1.165, 1.54) is 93.2 Å². The second kappa shape index (κ2) is 24.6. The lowest BCUT2D eigenvalue weighted by Crippen LogP contribution is -2.61. The smallest absolute Gasteiger partial charge is 0.252 e. The van der Waals surface area contributed by atoms with Gasteiger partial charge in [0.1, 0.15) is 0 Å². The normalized spacial score (nSPS) is 12.7. The van der Waals surface area contributed by atoms with Crippen LogP contribution in [0.5, 0.6) is 0 Å². The molecule has 3 nitrogen and oxygen atoms in total. The fraction of sp³-hybridized carbons (Fsp3) is 0.0800. The highest BCUT2D eigenvalue weighted by molar-refractivity contribution is 7.00. The van der Waals surface area contributed by atoms with Crippen molar-refractivity contribution in [1.29, 1.82) is 0 Å². The molecule has 0 spiro atoms. The van der Waals surface area contributed by atoms with Gasteiger partial charge >= 0.3 is 0 Å². The van der Waals surface area contributed by atoms with Crippen LogP contribution >= 0.6 is 0 Å². The highest BCUT2D eigenvalue weighted by atomic mass is 15.2. The van der Waals surface area contributed by atoms with E-state index < -0.39 is 0 Å². The van der Waals surface area contributed by atoms with Gasteiger partial charge in [-0.15, -0.1) is 0 Å². The maximum absolute atomic E-state index is 2.72. The van der Waals surface area contributed by atoms with Gasteiger partial charge in [-0.1, -0.05) is 333 Å². The van der Waals surface area contributed by atoms with Gasteiger partial charge in [-0.2, -0.15) is 0 Å². The Hall–Kier alpha value is -12.5. The molecule has 4 heteroatoms. The van der Waals surface area contributed by atoms with E-state index in [0.29, 0.717) is 0 Å². The molecule has 0 amide bonds. The summed E-state index contributed by atoms with van der Waals surface area (Å²) in [6, 6.07) is 133. The van der Waals surface area contributed by atoms with E-state index in [2.05, 4.69) is 408 Å². The standard InChI is InChI=1S/C100H76BN3/c1-99(2,3)76-59-83(68-34-17-9-18-35-68)97(84(60-76)69-36-19-10-20-37-69)103-91-54-49-73(65-30-13-7-14-31-65)57-88(91)101-89-58-74(66-32-15-8-16-33-66)50-55-92(89)104(98-85(70-38-21-11-22-39-70)61-77(100(4,5)6)62-86(98)71-40-23-12-24-41-71)94-64-78(63-93(103)95(94)101)102-90-53-51-75(80-47-29-44-67-42-25-27-45-79(67)80)56-87(90)82-52-48-72-43-26-28-46-81(72)96(82)102/h7-64H,1-6H3. The molecule has 2 aliphatic rings. The zero-order valence-electron chi connectivity index (χ0n) is 59.4. The maximum Gasteiger partial charge on any atom is 0.252 e. The van der Waals surface area contributed by atoms with Crippen LogP contribution in [-0.4, -0.2) is 11.3 Å². The van der Waals surface area contributed by atoms with Gasteiger partial charge in [-0.3, -0.25) is 0 Å². The van der Waals surface area contributed by atoms with Gasteiger partial charge in [0.2, 0.25) is 0 Å². The second-order valence-corrected chi connectivity index (χ2v) is 30.4. The van der Waals surface area contributed by atoms with Crippen molar-refractivity contribution in [3.05, 3.63) is 363 Å². The summed E-state index contributed by atoms with van der Waals surface area (Å²) in [6.07, 6.45) is 0. The average Bonchev–Trinajstić information content (AvgIpc) is 0.826. The summed E-state index contributed by atoms with van der Waals surface area (Å²) in [5.74, 6) is 0. The Morgan fingerprint density at radius 1 is 0.250 bits per heavy atom. The molecule has 0 N–H and O–H groups in total. The van der Waals surface area contributed by atoms with Gasteiger partial charge in [0.15, 0.2) is 0 Å². The van der Waals surface area contributed by atoms with Gasteiger partial charge in [0.05, 0.1) is 28.1 Å². The summed E-state index contributed by atoms with van der Waals surface area (Å²) < 4.78 is 2.63. The topological polar surface area (TPSA) is 11.4 Å². The van der Waals surface area contributed by atoms with E-state index in [-0.39, 0.29) is 17.5 Å². The minimum absolute atomic E-state index is 0.205. The van der Waals surface area contributed by atoms with Gasteiger partial charge < -0.3 is 14.4 Å². The number of nitrogens with zero attached hydrogens (tertiary/aromatic N) is 3. The van der Waals surface area contributed by atoms with E-state index in [1.807, 2.05) is 0 Å². The molecule has 0 bridgehead atoms. The molecule has 16 aromatic carbocycles. The lowest BCUT2D eigenvalue weighted by atomic mass is 9.33. The van der Waals surface area contributed by atoms with E-state index in [0.717, 1.165) is 95.4 Å². The van der Waals surface area contributed by atoms with Crippen molar-refractivity contribution in [3.63, 3.8) is 0 Å². The van der Waals surface area contributed by atoms with Crippen molar-refractivity contribution in [3.8, 4) is 83.6 Å². The fourth-order valence-electron chi connectivity index (χ4n) is 16.9. The third-order valence-corrected chi connectivity index (χ3v) is 22.0. The Morgan fingerprint density at radius 2 is 0.635 bits per heavy atom. The predicted octanol–water partition coefficient (Wildman–Crippen LogP) is 25.4. The van der Waals surface area contributed by atoms with Crippen molar-refractivity contribution >= 4 is 101 Å². The fourth-order valence-corrected chi connectivity index (χ4v) is 16.9. The Morgan fingerprint density at radius 3 is 1.08 bits per heavy atom. The van der Waals surface area contributed by atoms with E-state index in [1.54, 1.807) is 0 Å². The molecule has 19 rings (SSSR count). The van der Waals surface area contributed by atoms with E-state index in [4.69, 9.17) is 0 Å². The molecule has 17 aromatic rings. The Bertz CT molecular complexity index is 5840. The Labute approximate surface area is 610 Å². The molecule has 0 unspecified atom stereocenters. The minimum Gasteiger partial charge on any atom is -0.310 e. The van der Waals surface area contributed by atoms with Crippen molar-refractivity contribution in [1.82, 2.24) is 4.57 Å². The molecule has 494 valence electrons. The van der Waals surface area contributed by atoms with Gasteiger partial charge in [0.25, 0.3) is 6.71 Å². The SMILES string of the molecule is CC(C)(C)c1cc(-c2ccccc2)c(N2c3ccc(-c4ccccc4)cc3B3c4cc(-c5ccccc5)ccc4N(c4c(-c5ccccc5)cc(C(C)(C)C)cc4-c4ccccc4)c4cc(-n5c6ccc(-c7cccc8ccccc78)cc6c6ccc7ccccc7c65)cc2c43)c(-c2ccccc2)c1. The molecule has 0 atom stereocenters. The van der Waals surface area contributed by atoms with Gasteiger partial charge in [-0.25, -0.2) is 0 Å². The molecule has 2 aliphatic heterocycles. The zero-order chi connectivity index (χ0) is 70.0. The summed E-state index contributed by atoms with van der Waals surface area (Å²) in [5.41, 5.74) is 32.2. The molecular formula is C100H76BN3. The van der Waals surface area contributed by atoms with Crippen molar-refractivity contribution in [2.75, 3.05) is 9.80 Å². The van der Waals surface area contributed by atoms with Crippen LogP contribution in [0.15, 0.2) is 352 Å². The minimum atomic E-state index is -0.274. The Balaban J connectivity index is 1.03. The second-order valence-electron chi connectivity index (χ2n) is 30.4. The third-order valence-electron chi connectivity index (χ3n) is 22.0. The van der Waals surface area contributed by atoms with E-state index in [9.17, 15) is 0 Å². The van der Waals surface area contributed by atoms with Crippen LogP contribution in [0.4, 0.5) is 34.1 Å². The number of fused-ring (bicyclic) bond motifs is 10. The third kappa shape index (κ3) is 10.4. The summed E-state index contributed by atoms with van der Waals surface area (Å²) in [5, 5.41) is 7.22. The molecule has 1 aromatic heterocycles. The van der Waals surface area contributed by atoms with Crippen LogP contribution in [0.25, 0.3) is 127 Å². The van der Waals surface area contributed by atoms with Crippen molar-refractivity contribution in [2.45, 2.75) is 52.4 Å². The molecule has 0 radical (unpaired) electrons. The number of aromatic nitrogens is 1. The average molecular weight is 1330 g/mol. The van der Waals surface area contributed by atoms with Gasteiger partial charge in [0, 0.05) is 61.2 Å². The van der Waals surface area contributed by atoms with Crippen molar-refractivity contribution < 1.29 is 0 Å². The summed E-state index contributed by atoms with van der Waals surface area (Å²) in [4.78, 5) is 5.43. The van der Waals surface area contributed by atoms with Crippen molar-refractivity contribution in [2.24, 2.45) is 0 Å². The molecule has 0 aliphatic carbocycles. The van der Waals surface area contributed by atoms with Crippen LogP contribution in [0.1, 0.15) is 52.7 Å². The summed E-state index contributed by atoms with van der Waals surface area (Å²) in [6.45, 7) is 13.9. The van der Waals surface area contributed by atoms with Gasteiger partial charge in [-0.05, 0) is 171 Å². The molecule has 0 saturated carbocycles. The quantitative estimate of drug-likeness (QED) is 0.126. The zero-order valence-corrected chi connectivity index (χ0v) is 59.4. The lowest BCUT2D eigenvalue weighted by molar-refractivity contribution is 0.590. The largest absolute Gasteiger partial charge is 0.310 e. The van der Waals surface area contributed by atoms with Crippen LogP contribution in [0.2, 0.25) is 0 Å². The lowest BCUT2D eigenvalue weighted by Gasteiger charge is -2.46. The number of anilines is 6. The molecule has 104 heavy (non-hydrogen) atoms.